The van der Waals surface area contributed by atoms with E-state index < -0.39 is 11.6 Å². The zero-order valence-corrected chi connectivity index (χ0v) is 10.7. The third kappa shape index (κ3) is 12.8. The Morgan fingerprint density at radius 1 is 1.44 bits per heavy atom. The molecule has 0 aromatic rings. The molecule has 0 aromatic carbocycles. The number of isocyanates is 1. The third-order valence-electron chi connectivity index (χ3n) is 1.43. The molecule has 3 N–H and O–H groups in total. The average Bonchev–Trinajstić information content (AvgIpc) is 2.00. The van der Waals surface area contributed by atoms with Crippen LogP contribution in [0.5, 0.6) is 0 Å². The normalized spacial score (nSPS) is 12.2. The average molecular weight is 230 g/mol. The van der Waals surface area contributed by atoms with Crippen molar-refractivity contribution < 1.29 is 14.3 Å². The van der Waals surface area contributed by atoms with Gasteiger partial charge in [-0.15, -0.1) is 0 Å². The Hall–Kier alpha value is -1.19. The fourth-order valence-electron chi connectivity index (χ4n) is 0.982. The molecule has 0 saturated heterocycles. The van der Waals surface area contributed by atoms with Crippen LogP contribution in [-0.2, 0) is 14.3 Å². The predicted molar refractivity (Wildman–Crippen MR) is 61.7 cm³/mol. The largest absolute Gasteiger partial charge is 0.459 e. The van der Waals surface area contributed by atoms with Crippen LogP contribution in [0.2, 0.25) is 0 Å². The van der Waals surface area contributed by atoms with Gasteiger partial charge in [-0.2, -0.15) is 0 Å². The van der Waals surface area contributed by atoms with Gasteiger partial charge in [0.15, 0.2) is 0 Å². The van der Waals surface area contributed by atoms with Gasteiger partial charge in [-0.1, -0.05) is 13.8 Å². The standard InChI is InChI=1S/C10H21NO2.CHNO/c1-7(2)6-8(11)9(12)13-10(3,4)5;2-1-3/h7-8H,6,11H2,1-5H3;2H/t8-;/m0./s1. The minimum absolute atomic E-state index is 0.304. The molecule has 94 valence electrons. The number of hydrogen-bond acceptors (Lipinski definition) is 5. The summed E-state index contributed by atoms with van der Waals surface area (Å²) < 4.78 is 5.14. The molecule has 0 rings (SSSR count). The molecule has 0 fully saturated rings. The highest BCUT2D eigenvalue weighted by Crippen LogP contribution is 2.11. The van der Waals surface area contributed by atoms with E-state index in [4.69, 9.17) is 20.7 Å². The Kier molecular flexibility index (Phi) is 8.63. The molecule has 0 aliphatic rings. The summed E-state index contributed by atoms with van der Waals surface area (Å²) in [5, 5.41) is 5.40. The zero-order chi connectivity index (χ0) is 13.4. The number of nitrogens with two attached hydrogens (primary N) is 1. The number of nitrogens with one attached hydrogen (secondary N) is 1. The van der Waals surface area contributed by atoms with Gasteiger partial charge in [0.25, 0.3) is 0 Å². The second kappa shape index (κ2) is 8.02. The molecule has 0 bridgehead atoms. The highest BCUT2D eigenvalue weighted by Gasteiger charge is 2.22. The lowest BCUT2D eigenvalue weighted by atomic mass is 10.0. The van der Waals surface area contributed by atoms with Crippen LogP contribution in [0.4, 0.5) is 0 Å². The first-order valence-corrected chi connectivity index (χ1v) is 5.16. The van der Waals surface area contributed by atoms with Crippen molar-refractivity contribution >= 4 is 12.0 Å². The molecule has 1 atom stereocenters. The van der Waals surface area contributed by atoms with Crippen LogP contribution in [-0.4, -0.2) is 23.7 Å². The third-order valence-corrected chi connectivity index (χ3v) is 1.43. The maximum absolute atomic E-state index is 11.3. The molecular weight excluding hydrogens is 208 g/mol. The molecule has 5 heteroatoms. The van der Waals surface area contributed by atoms with E-state index in [0.717, 1.165) is 6.08 Å². The van der Waals surface area contributed by atoms with Gasteiger partial charge in [0, 0.05) is 0 Å². The Bertz CT molecular complexity index is 238. The summed E-state index contributed by atoms with van der Waals surface area (Å²) in [5.41, 5.74) is 5.21. The molecule has 16 heavy (non-hydrogen) atoms. The molecule has 0 aromatic heterocycles. The minimum Gasteiger partial charge on any atom is -0.459 e. The highest BCUT2D eigenvalue weighted by atomic mass is 16.6. The van der Waals surface area contributed by atoms with Crippen molar-refractivity contribution in [2.24, 2.45) is 11.7 Å². The minimum atomic E-state index is -0.487. The summed E-state index contributed by atoms with van der Waals surface area (Å²) in [5.74, 6) is 0.115. The van der Waals surface area contributed by atoms with Gasteiger partial charge >= 0.3 is 5.97 Å². The summed E-state index contributed by atoms with van der Waals surface area (Å²) in [6.07, 6.45) is 1.43. The van der Waals surface area contributed by atoms with Gasteiger partial charge in [-0.25, -0.2) is 10.2 Å². The molecule has 0 aliphatic heterocycles. The van der Waals surface area contributed by atoms with Crippen molar-refractivity contribution in [3.8, 4) is 0 Å². The zero-order valence-electron chi connectivity index (χ0n) is 10.7. The van der Waals surface area contributed by atoms with Crippen LogP contribution < -0.4 is 5.73 Å². The Balaban J connectivity index is 0. The molecule has 0 heterocycles. The fourth-order valence-corrected chi connectivity index (χ4v) is 0.982. The molecule has 0 spiro atoms. The van der Waals surface area contributed by atoms with Gasteiger partial charge < -0.3 is 10.5 Å². The van der Waals surface area contributed by atoms with Crippen molar-refractivity contribution in [1.29, 1.82) is 5.41 Å². The summed E-state index contributed by atoms with van der Waals surface area (Å²) >= 11 is 0. The van der Waals surface area contributed by atoms with Gasteiger partial charge in [0.1, 0.15) is 11.6 Å². The summed E-state index contributed by atoms with van der Waals surface area (Å²) in [6.45, 7) is 9.58. The second-order valence-electron chi connectivity index (χ2n) is 4.87. The van der Waals surface area contributed by atoms with Crippen molar-refractivity contribution in [2.45, 2.75) is 52.7 Å². The van der Waals surface area contributed by atoms with Gasteiger partial charge in [0.2, 0.25) is 6.08 Å². The first-order chi connectivity index (χ1) is 7.14. The number of carbonyl (C=O) groups excluding carboxylic acids is 2. The lowest BCUT2D eigenvalue weighted by Gasteiger charge is -2.22. The van der Waals surface area contributed by atoms with Gasteiger partial charge in [0.05, 0.1) is 0 Å². The first-order valence-electron chi connectivity index (χ1n) is 5.16. The smallest absolute Gasteiger partial charge is 0.323 e. The van der Waals surface area contributed by atoms with E-state index in [1.807, 2.05) is 34.6 Å². The van der Waals surface area contributed by atoms with Crippen LogP contribution in [0, 0.1) is 11.3 Å². The van der Waals surface area contributed by atoms with E-state index in [0.29, 0.717) is 12.3 Å². The number of rotatable bonds is 3. The van der Waals surface area contributed by atoms with Crippen LogP contribution in [0.1, 0.15) is 41.0 Å². The summed E-state index contributed by atoms with van der Waals surface area (Å²) in [7, 11) is 0. The van der Waals surface area contributed by atoms with E-state index >= 15 is 0 Å². The quantitative estimate of drug-likeness (QED) is 0.437. The summed E-state index contributed by atoms with van der Waals surface area (Å²) in [6, 6.07) is -0.487. The van der Waals surface area contributed by atoms with E-state index in [2.05, 4.69) is 0 Å². The lowest BCUT2D eigenvalue weighted by Crippen LogP contribution is -2.38. The van der Waals surface area contributed by atoms with Crippen molar-refractivity contribution in [2.75, 3.05) is 0 Å². The molecule has 0 radical (unpaired) electrons. The first kappa shape index (κ1) is 17.2. The van der Waals surface area contributed by atoms with Crippen LogP contribution >= 0.6 is 0 Å². The lowest BCUT2D eigenvalue weighted by molar-refractivity contribution is -0.156. The highest BCUT2D eigenvalue weighted by molar-refractivity contribution is 5.75. The Labute approximate surface area is 96.9 Å². The Morgan fingerprint density at radius 2 is 1.81 bits per heavy atom. The molecule has 0 unspecified atom stereocenters. The van der Waals surface area contributed by atoms with E-state index in [1.54, 1.807) is 0 Å². The molecule has 5 nitrogen and oxygen atoms in total. The Morgan fingerprint density at radius 3 is 2.06 bits per heavy atom. The fraction of sp³-hybridized carbons (Fsp3) is 0.818. The number of hydrogen-bond donors (Lipinski definition) is 2. The SMILES string of the molecule is CC(C)C[C@H](N)C(=O)OC(C)(C)C.N=C=O. The molecular formula is C11H22N2O3. The number of carbonyl (C=O) groups is 1. The van der Waals surface area contributed by atoms with Gasteiger partial charge in [-0.05, 0) is 33.1 Å². The number of ether oxygens (including phenoxy) is 1. The van der Waals surface area contributed by atoms with Crippen LogP contribution in [0.3, 0.4) is 0 Å². The number of esters is 1. The van der Waals surface area contributed by atoms with Gasteiger partial charge in [-0.3, -0.25) is 4.79 Å². The topological polar surface area (TPSA) is 93.2 Å². The van der Waals surface area contributed by atoms with E-state index in [1.165, 1.54) is 0 Å². The molecule has 0 amide bonds. The van der Waals surface area contributed by atoms with Crippen LogP contribution in [0.15, 0.2) is 0 Å². The predicted octanol–water partition coefficient (Wildman–Crippen LogP) is 1.60. The maximum atomic E-state index is 11.3. The second-order valence-corrected chi connectivity index (χ2v) is 4.87. The van der Waals surface area contributed by atoms with Crippen molar-refractivity contribution in [3.05, 3.63) is 0 Å². The van der Waals surface area contributed by atoms with E-state index in [9.17, 15) is 4.79 Å². The molecule has 0 aliphatic carbocycles. The van der Waals surface area contributed by atoms with Crippen molar-refractivity contribution in [1.82, 2.24) is 0 Å². The van der Waals surface area contributed by atoms with E-state index in [-0.39, 0.29) is 5.97 Å². The molecule has 0 saturated carbocycles. The monoisotopic (exact) mass is 230 g/mol. The maximum Gasteiger partial charge on any atom is 0.323 e. The summed E-state index contributed by atoms with van der Waals surface area (Å²) in [4.78, 5) is 19.7. The van der Waals surface area contributed by atoms with Crippen LogP contribution in [0.25, 0.3) is 0 Å². The van der Waals surface area contributed by atoms with Crippen molar-refractivity contribution in [3.63, 3.8) is 0 Å².